The summed E-state index contributed by atoms with van der Waals surface area (Å²) in [6.45, 7) is 4.03. The molecule has 0 amide bonds. The maximum atomic E-state index is 11.0. The van der Waals surface area contributed by atoms with Gasteiger partial charge in [-0.05, 0) is 35.1 Å². The van der Waals surface area contributed by atoms with Crippen LogP contribution in [0.25, 0.3) is 0 Å². The molecule has 1 aliphatic heterocycles. The molecule has 0 aromatic heterocycles. The van der Waals surface area contributed by atoms with Gasteiger partial charge in [0.25, 0.3) is 0 Å². The maximum absolute atomic E-state index is 11.0. The molecule has 16 heavy (non-hydrogen) atoms. The highest BCUT2D eigenvalue weighted by molar-refractivity contribution is 9.10. The van der Waals surface area contributed by atoms with Crippen LogP contribution in [-0.4, -0.2) is 44.4 Å². The first-order chi connectivity index (χ1) is 7.72. The number of benzene rings is 1. The van der Waals surface area contributed by atoms with Crippen molar-refractivity contribution in [3.63, 3.8) is 0 Å². The van der Waals surface area contributed by atoms with E-state index >= 15 is 0 Å². The molecular formula is C12H15BrN2O. The van der Waals surface area contributed by atoms with Gasteiger partial charge in [0.1, 0.15) is 0 Å². The van der Waals surface area contributed by atoms with Crippen molar-refractivity contribution in [1.82, 2.24) is 4.90 Å². The number of hydrogen-bond donors (Lipinski definition) is 0. The molecule has 3 nitrogen and oxygen atoms in total. The zero-order valence-electron chi connectivity index (χ0n) is 9.32. The highest BCUT2D eigenvalue weighted by atomic mass is 79.9. The minimum Gasteiger partial charge on any atom is -0.367 e. The number of rotatable bonds is 2. The zero-order chi connectivity index (χ0) is 11.5. The van der Waals surface area contributed by atoms with Gasteiger partial charge < -0.3 is 9.80 Å². The predicted molar refractivity (Wildman–Crippen MR) is 69.2 cm³/mol. The fourth-order valence-electron chi connectivity index (χ4n) is 1.99. The van der Waals surface area contributed by atoms with Gasteiger partial charge in [0.2, 0.25) is 0 Å². The summed E-state index contributed by atoms with van der Waals surface area (Å²) in [7, 11) is 2.12. The molecule has 0 spiro atoms. The van der Waals surface area contributed by atoms with Crippen molar-refractivity contribution < 1.29 is 4.79 Å². The van der Waals surface area contributed by atoms with Crippen LogP contribution in [-0.2, 0) is 0 Å². The third-order valence-electron chi connectivity index (χ3n) is 2.96. The van der Waals surface area contributed by atoms with E-state index < -0.39 is 0 Å². The molecule has 1 aliphatic rings. The summed E-state index contributed by atoms with van der Waals surface area (Å²) in [5, 5.41) is 0. The molecule has 1 fully saturated rings. The quantitative estimate of drug-likeness (QED) is 0.776. The number of para-hydroxylation sites is 1. The molecule has 0 unspecified atom stereocenters. The molecule has 0 atom stereocenters. The normalized spacial score (nSPS) is 17.5. The summed E-state index contributed by atoms with van der Waals surface area (Å²) >= 11 is 3.52. The Morgan fingerprint density at radius 2 is 1.94 bits per heavy atom. The number of piperazine rings is 1. The van der Waals surface area contributed by atoms with Crippen molar-refractivity contribution in [2.24, 2.45) is 0 Å². The average molecular weight is 283 g/mol. The van der Waals surface area contributed by atoms with Gasteiger partial charge in [0, 0.05) is 36.2 Å². The van der Waals surface area contributed by atoms with Gasteiger partial charge in [0.15, 0.2) is 6.29 Å². The van der Waals surface area contributed by atoms with Crippen molar-refractivity contribution in [1.29, 1.82) is 0 Å². The summed E-state index contributed by atoms with van der Waals surface area (Å²) in [5.74, 6) is 0. The van der Waals surface area contributed by atoms with Gasteiger partial charge in [-0.1, -0.05) is 6.07 Å². The number of carbonyl (C=O) groups excluding carboxylic acids is 1. The average Bonchev–Trinajstić information content (AvgIpc) is 2.30. The number of carbonyl (C=O) groups is 1. The Labute approximate surface area is 104 Å². The van der Waals surface area contributed by atoms with E-state index in [1.54, 1.807) is 0 Å². The van der Waals surface area contributed by atoms with Crippen LogP contribution >= 0.6 is 15.9 Å². The van der Waals surface area contributed by atoms with Crippen LogP contribution < -0.4 is 4.90 Å². The molecule has 1 aromatic rings. The maximum Gasteiger partial charge on any atom is 0.152 e. The lowest BCUT2D eigenvalue weighted by Crippen LogP contribution is -2.45. The molecule has 0 radical (unpaired) electrons. The number of likely N-dealkylation sites (N-methyl/N-ethyl adjacent to an activating group) is 1. The van der Waals surface area contributed by atoms with E-state index in [2.05, 4.69) is 32.8 Å². The topological polar surface area (TPSA) is 23.6 Å². The van der Waals surface area contributed by atoms with Crippen LogP contribution in [0.3, 0.4) is 0 Å². The van der Waals surface area contributed by atoms with Gasteiger partial charge in [0.05, 0.1) is 5.69 Å². The molecule has 0 saturated carbocycles. The van der Waals surface area contributed by atoms with Crippen LogP contribution in [0.1, 0.15) is 10.4 Å². The lowest BCUT2D eigenvalue weighted by Gasteiger charge is -2.35. The number of nitrogens with zero attached hydrogens (tertiary/aromatic N) is 2. The molecule has 1 heterocycles. The van der Waals surface area contributed by atoms with Gasteiger partial charge in [-0.25, -0.2) is 0 Å². The number of hydrogen-bond acceptors (Lipinski definition) is 3. The SMILES string of the molecule is CN1CCN(c2c(Br)cccc2C=O)CC1. The van der Waals surface area contributed by atoms with E-state index in [4.69, 9.17) is 0 Å². The molecule has 4 heteroatoms. The zero-order valence-corrected chi connectivity index (χ0v) is 10.9. The van der Waals surface area contributed by atoms with Crippen LogP contribution in [0.4, 0.5) is 5.69 Å². The van der Waals surface area contributed by atoms with E-state index in [9.17, 15) is 4.79 Å². The Bertz CT molecular complexity index is 387. The highest BCUT2D eigenvalue weighted by Gasteiger charge is 2.18. The van der Waals surface area contributed by atoms with Gasteiger partial charge in [-0.2, -0.15) is 0 Å². The Kier molecular flexibility index (Phi) is 3.61. The van der Waals surface area contributed by atoms with Crippen molar-refractivity contribution >= 4 is 27.9 Å². The molecule has 1 aromatic carbocycles. The van der Waals surface area contributed by atoms with Crippen molar-refractivity contribution in [3.8, 4) is 0 Å². The van der Waals surface area contributed by atoms with Gasteiger partial charge in [-0.15, -0.1) is 0 Å². The van der Waals surface area contributed by atoms with Crippen molar-refractivity contribution in [3.05, 3.63) is 28.2 Å². The van der Waals surface area contributed by atoms with Crippen molar-refractivity contribution in [2.75, 3.05) is 38.1 Å². The first-order valence-corrected chi connectivity index (χ1v) is 6.19. The molecule has 2 rings (SSSR count). The molecule has 86 valence electrons. The second-order valence-corrected chi connectivity index (χ2v) is 4.94. The smallest absolute Gasteiger partial charge is 0.152 e. The number of halogens is 1. The summed E-state index contributed by atoms with van der Waals surface area (Å²) in [5.41, 5.74) is 1.80. The van der Waals surface area contributed by atoms with E-state index in [1.165, 1.54) is 0 Å². The van der Waals surface area contributed by atoms with E-state index in [-0.39, 0.29) is 0 Å². The Balaban J connectivity index is 2.28. The molecule has 1 saturated heterocycles. The van der Waals surface area contributed by atoms with Gasteiger partial charge >= 0.3 is 0 Å². The lowest BCUT2D eigenvalue weighted by molar-refractivity contribution is 0.112. The standard InChI is InChI=1S/C12H15BrN2O/c1-14-5-7-15(8-6-14)12-10(9-16)3-2-4-11(12)13/h2-4,9H,5-8H2,1H3. The first-order valence-electron chi connectivity index (χ1n) is 5.39. The minimum absolute atomic E-state index is 0.763. The number of aldehydes is 1. The fourth-order valence-corrected chi connectivity index (χ4v) is 2.62. The van der Waals surface area contributed by atoms with E-state index in [0.29, 0.717) is 0 Å². The van der Waals surface area contributed by atoms with E-state index in [1.807, 2.05) is 18.2 Å². The first kappa shape index (κ1) is 11.6. The van der Waals surface area contributed by atoms with Crippen LogP contribution in [0, 0.1) is 0 Å². The monoisotopic (exact) mass is 282 g/mol. The van der Waals surface area contributed by atoms with Gasteiger partial charge in [-0.3, -0.25) is 4.79 Å². The minimum atomic E-state index is 0.763. The summed E-state index contributed by atoms with van der Waals surface area (Å²) < 4.78 is 1.00. The lowest BCUT2D eigenvalue weighted by atomic mass is 10.1. The molecule has 0 N–H and O–H groups in total. The molecule has 0 bridgehead atoms. The third kappa shape index (κ3) is 2.28. The Hall–Kier alpha value is -0.870. The second kappa shape index (κ2) is 4.97. The number of anilines is 1. The highest BCUT2D eigenvalue weighted by Crippen LogP contribution is 2.29. The largest absolute Gasteiger partial charge is 0.367 e. The van der Waals surface area contributed by atoms with E-state index in [0.717, 1.165) is 48.2 Å². The predicted octanol–water partition coefficient (Wildman–Crippen LogP) is 2.01. The summed E-state index contributed by atoms with van der Waals surface area (Å²) in [6.07, 6.45) is 0.929. The van der Waals surface area contributed by atoms with Crippen LogP contribution in [0.5, 0.6) is 0 Å². The van der Waals surface area contributed by atoms with Crippen molar-refractivity contribution in [2.45, 2.75) is 0 Å². The Morgan fingerprint density at radius 1 is 1.25 bits per heavy atom. The fraction of sp³-hybridized carbons (Fsp3) is 0.417. The van der Waals surface area contributed by atoms with Crippen LogP contribution in [0.15, 0.2) is 22.7 Å². The molecular weight excluding hydrogens is 268 g/mol. The third-order valence-corrected chi connectivity index (χ3v) is 3.60. The van der Waals surface area contributed by atoms with Crippen LogP contribution in [0.2, 0.25) is 0 Å². The second-order valence-electron chi connectivity index (χ2n) is 4.09. The summed E-state index contributed by atoms with van der Waals surface area (Å²) in [4.78, 5) is 15.6. The summed E-state index contributed by atoms with van der Waals surface area (Å²) in [6, 6.07) is 5.75. The Morgan fingerprint density at radius 3 is 2.56 bits per heavy atom. The molecule has 0 aliphatic carbocycles.